The largest absolute Gasteiger partial charge is 0.741 e. The molecule has 0 aromatic carbocycles. The highest BCUT2D eigenvalue weighted by Gasteiger charge is 2.36. The lowest BCUT2D eigenvalue weighted by Gasteiger charge is -2.08. The molecule has 1 heterocycles. The van der Waals surface area contributed by atoms with Gasteiger partial charge in [-0.3, -0.25) is 0 Å². The van der Waals surface area contributed by atoms with Crippen LogP contribution in [0.25, 0.3) is 6.08 Å². The summed E-state index contributed by atoms with van der Waals surface area (Å²) in [7, 11) is -4.04. The van der Waals surface area contributed by atoms with E-state index in [0.29, 0.717) is 0 Å². The van der Waals surface area contributed by atoms with Crippen molar-refractivity contribution in [1.82, 2.24) is 0 Å². The molecule has 108 valence electrons. The van der Waals surface area contributed by atoms with E-state index in [1.54, 1.807) is 0 Å². The zero-order valence-corrected chi connectivity index (χ0v) is 11.5. The fraction of sp³-hybridized carbons (Fsp3) is 0.364. The van der Waals surface area contributed by atoms with Crippen molar-refractivity contribution in [2.45, 2.75) is 19.4 Å². The highest BCUT2D eigenvalue weighted by atomic mass is 32.2. The Kier molecular flexibility index (Phi) is 5.70. The highest BCUT2D eigenvalue weighted by Crippen LogP contribution is 2.20. The van der Waals surface area contributed by atoms with Crippen LogP contribution in [0.1, 0.15) is 17.0 Å². The zero-order valence-electron chi connectivity index (χ0n) is 10.7. The minimum absolute atomic E-state index is 1.17. The van der Waals surface area contributed by atoms with Gasteiger partial charge in [0, 0.05) is 25.1 Å². The number of hydrogen-bond donors (Lipinski definition) is 0. The maximum Gasteiger partial charge on any atom is 0.485 e. The zero-order chi connectivity index (χ0) is 15.4. The topological polar surface area (TPSA) is 61.1 Å². The summed E-state index contributed by atoms with van der Waals surface area (Å²) in [6.07, 6.45) is 1.88. The van der Waals surface area contributed by atoms with Gasteiger partial charge < -0.3 is 4.55 Å². The monoisotopic (exact) mass is 297 g/mol. The first-order chi connectivity index (χ1) is 8.40. The van der Waals surface area contributed by atoms with Crippen molar-refractivity contribution >= 4 is 16.2 Å². The Morgan fingerprint density at radius 1 is 1.32 bits per heavy atom. The predicted octanol–water partition coefficient (Wildman–Crippen LogP) is 1.82. The first kappa shape index (κ1) is 17.6. The van der Waals surface area contributed by atoms with E-state index >= 15 is 0 Å². The number of hydrogen-bond acceptors (Lipinski definition) is 3. The van der Waals surface area contributed by atoms with E-state index in [1.165, 1.54) is 17.0 Å². The molecule has 0 atom stereocenters. The SMILES string of the molecule is C=Cc1cc(C)cc(C)[n+]1C.O=S(=O)([O-])C(F)(F)F. The van der Waals surface area contributed by atoms with Crippen molar-refractivity contribution in [3.63, 3.8) is 0 Å². The highest BCUT2D eigenvalue weighted by molar-refractivity contribution is 7.86. The molecule has 0 amide bonds. The van der Waals surface area contributed by atoms with Crippen molar-refractivity contribution in [2.24, 2.45) is 7.05 Å². The van der Waals surface area contributed by atoms with Gasteiger partial charge in [-0.2, -0.15) is 17.7 Å². The van der Waals surface area contributed by atoms with Crippen LogP contribution < -0.4 is 4.57 Å². The molecule has 0 fully saturated rings. The second-order valence-corrected chi connectivity index (χ2v) is 5.13. The van der Waals surface area contributed by atoms with Gasteiger partial charge in [0.15, 0.2) is 15.8 Å². The van der Waals surface area contributed by atoms with Crippen molar-refractivity contribution < 1.29 is 30.7 Å². The fourth-order valence-electron chi connectivity index (χ4n) is 1.20. The van der Waals surface area contributed by atoms with Crippen molar-refractivity contribution in [2.75, 3.05) is 0 Å². The first-order valence-electron chi connectivity index (χ1n) is 5.02. The third kappa shape index (κ3) is 5.39. The summed E-state index contributed by atoms with van der Waals surface area (Å²) in [6.45, 7) is 7.95. The van der Waals surface area contributed by atoms with Gasteiger partial charge in [0.2, 0.25) is 5.69 Å². The molecule has 0 N–H and O–H groups in total. The molecule has 1 aromatic heterocycles. The lowest BCUT2D eigenvalue weighted by molar-refractivity contribution is -0.679. The van der Waals surface area contributed by atoms with E-state index in [0.717, 1.165) is 0 Å². The van der Waals surface area contributed by atoms with Gasteiger partial charge in [0.1, 0.15) is 7.05 Å². The van der Waals surface area contributed by atoms with Crippen LogP contribution in [0.4, 0.5) is 13.2 Å². The Morgan fingerprint density at radius 2 is 1.74 bits per heavy atom. The van der Waals surface area contributed by atoms with Crippen LogP contribution in [0.5, 0.6) is 0 Å². The third-order valence-electron chi connectivity index (χ3n) is 2.22. The van der Waals surface area contributed by atoms with Crippen molar-refractivity contribution in [1.29, 1.82) is 0 Å². The summed E-state index contributed by atoms with van der Waals surface area (Å²) in [5.41, 5.74) is -1.93. The fourth-order valence-corrected chi connectivity index (χ4v) is 1.20. The maximum absolute atomic E-state index is 10.7. The molecule has 1 rings (SSSR count). The van der Waals surface area contributed by atoms with Gasteiger partial charge in [0.05, 0.1) is 0 Å². The van der Waals surface area contributed by atoms with Gasteiger partial charge in [0.25, 0.3) is 0 Å². The summed E-state index contributed by atoms with van der Waals surface area (Å²) in [4.78, 5) is 0. The van der Waals surface area contributed by atoms with Crippen LogP contribution in [-0.2, 0) is 17.2 Å². The predicted molar refractivity (Wildman–Crippen MR) is 62.9 cm³/mol. The molecule has 4 nitrogen and oxygen atoms in total. The molecule has 0 radical (unpaired) electrons. The Hall–Kier alpha value is -1.41. The third-order valence-corrected chi connectivity index (χ3v) is 2.79. The number of alkyl halides is 3. The van der Waals surface area contributed by atoms with Gasteiger partial charge in [-0.25, -0.2) is 8.42 Å². The molecule has 8 heteroatoms. The molecule has 0 aliphatic rings. The second kappa shape index (κ2) is 6.16. The summed E-state index contributed by atoms with van der Waals surface area (Å²) >= 11 is 0. The summed E-state index contributed by atoms with van der Waals surface area (Å²) in [5.74, 6) is 0. The van der Waals surface area contributed by atoms with Crippen LogP contribution in [-0.4, -0.2) is 18.5 Å². The molecule has 0 unspecified atom stereocenters. The Labute approximate surface area is 109 Å². The Bertz CT molecular complexity index is 565. The molecule has 0 saturated carbocycles. The molecule has 0 aliphatic carbocycles. The number of aromatic nitrogens is 1. The molecule has 0 bridgehead atoms. The van der Waals surface area contributed by atoms with Crippen molar-refractivity contribution in [3.05, 3.63) is 35.7 Å². The standard InChI is InChI=1S/C10H14N.CHF3O3S/c1-5-10-7-8(2)6-9(3)11(10)4;2-1(3,4)8(5,6)7/h5-7H,1H2,2-4H3;(H,5,6,7)/q+1;/p-1. The molecular weight excluding hydrogens is 283 g/mol. The van der Waals surface area contributed by atoms with Gasteiger partial charge >= 0.3 is 5.51 Å². The average molecular weight is 297 g/mol. The van der Waals surface area contributed by atoms with Crippen LogP contribution in [0.15, 0.2) is 18.7 Å². The van der Waals surface area contributed by atoms with Crippen LogP contribution in [0.3, 0.4) is 0 Å². The smallest absolute Gasteiger partial charge is 0.485 e. The number of pyridine rings is 1. The van der Waals surface area contributed by atoms with E-state index in [9.17, 15) is 13.2 Å². The minimum atomic E-state index is -6.09. The summed E-state index contributed by atoms with van der Waals surface area (Å²) in [6, 6.07) is 4.28. The minimum Gasteiger partial charge on any atom is -0.741 e. The van der Waals surface area contributed by atoms with E-state index in [-0.39, 0.29) is 0 Å². The maximum atomic E-state index is 10.7. The molecule has 0 spiro atoms. The van der Waals surface area contributed by atoms with Gasteiger partial charge in [-0.1, -0.05) is 6.58 Å². The number of halogens is 3. The average Bonchev–Trinajstić information content (AvgIpc) is 2.21. The van der Waals surface area contributed by atoms with Crippen LogP contribution >= 0.6 is 0 Å². The lowest BCUT2D eigenvalue weighted by Crippen LogP contribution is -2.35. The Balaban J connectivity index is 0.000000362. The normalized spacial score (nSPS) is 11.5. The number of nitrogens with zero attached hydrogens (tertiary/aromatic N) is 1. The molecular formula is C11H14F3NO3S. The Morgan fingerprint density at radius 3 is 2.05 bits per heavy atom. The van der Waals surface area contributed by atoms with Crippen molar-refractivity contribution in [3.8, 4) is 0 Å². The van der Waals surface area contributed by atoms with Gasteiger partial charge in [-0.15, -0.1) is 0 Å². The summed E-state index contributed by atoms with van der Waals surface area (Å²) < 4.78 is 61.0. The second-order valence-electron chi connectivity index (χ2n) is 3.76. The molecule has 1 aromatic rings. The van der Waals surface area contributed by atoms with E-state index in [1.807, 2.05) is 13.1 Å². The van der Waals surface area contributed by atoms with Crippen LogP contribution in [0.2, 0.25) is 0 Å². The molecule has 0 saturated heterocycles. The number of aryl methyl sites for hydroxylation is 2. The molecule has 19 heavy (non-hydrogen) atoms. The molecule has 0 aliphatic heterocycles. The summed E-state index contributed by atoms with van der Waals surface area (Å²) in [5, 5.41) is 0. The van der Waals surface area contributed by atoms with Gasteiger partial charge in [-0.05, 0) is 12.5 Å². The van der Waals surface area contributed by atoms with E-state index < -0.39 is 15.6 Å². The quantitative estimate of drug-likeness (QED) is 0.451. The lowest BCUT2D eigenvalue weighted by atomic mass is 10.2. The van der Waals surface area contributed by atoms with E-state index in [2.05, 4.69) is 37.1 Å². The van der Waals surface area contributed by atoms with E-state index in [4.69, 9.17) is 13.0 Å². The first-order valence-corrected chi connectivity index (χ1v) is 6.43. The number of rotatable bonds is 1. The van der Waals surface area contributed by atoms with Crippen LogP contribution in [0, 0.1) is 13.8 Å².